The lowest BCUT2D eigenvalue weighted by molar-refractivity contribution is -0.285. The van der Waals surface area contributed by atoms with Crippen LogP contribution in [-0.2, 0) is 9.47 Å². The van der Waals surface area contributed by atoms with Crippen LogP contribution < -0.4 is 0 Å². The van der Waals surface area contributed by atoms with Gasteiger partial charge in [0.25, 0.3) is 11.6 Å². The van der Waals surface area contributed by atoms with Gasteiger partial charge in [-0.2, -0.15) is 0 Å². The van der Waals surface area contributed by atoms with Gasteiger partial charge in [-0.3, -0.25) is 0 Å². The van der Waals surface area contributed by atoms with Crippen LogP contribution in [0.3, 0.4) is 0 Å². The van der Waals surface area contributed by atoms with Crippen molar-refractivity contribution in [2.45, 2.75) is 31.8 Å². The monoisotopic (exact) mass is 162 g/mol. The summed E-state index contributed by atoms with van der Waals surface area (Å²) in [6, 6.07) is 0. The molecule has 2 N–H and O–H groups in total. The van der Waals surface area contributed by atoms with E-state index in [4.69, 9.17) is 0 Å². The number of cyclic esters (lactones) is 2. The van der Waals surface area contributed by atoms with Crippen molar-refractivity contribution in [3.8, 4) is 0 Å². The van der Waals surface area contributed by atoms with Crippen LogP contribution in [0.25, 0.3) is 0 Å². The lowest BCUT2D eigenvalue weighted by Gasteiger charge is -2.27. The van der Waals surface area contributed by atoms with E-state index < -0.39 is 17.7 Å². The van der Waals surface area contributed by atoms with Gasteiger partial charge in [0, 0.05) is 13.3 Å². The Kier molecular flexibility index (Phi) is 1.57. The van der Waals surface area contributed by atoms with Crippen LogP contribution in [0.4, 0.5) is 4.79 Å². The maximum absolute atomic E-state index is 10.5. The molecule has 0 aromatic heterocycles. The first-order valence-electron chi connectivity index (χ1n) is 3.28. The molecule has 0 aliphatic carbocycles. The second kappa shape index (κ2) is 2.09. The van der Waals surface area contributed by atoms with E-state index in [2.05, 4.69) is 9.47 Å². The van der Waals surface area contributed by atoms with E-state index in [-0.39, 0.29) is 6.42 Å². The Morgan fingerprint density at radius 3 is 2.18 bits per heavy atom. The largest absolute Gasteiger partial charge is 0.513 e. The Balaban J connectivity index is 2.89. The third-order valence-electron chi connectivity index (χ3n) is 1.74. The summed E-state index contributed by atoms with van der Waals surface area (Å²) in [4.78, 5) is 10.5. The highest BCUT2D eigenvalue weighted by atomic mass is 16.9. The molecule has 1 aliphatic heterocycles. The SMILES string of the molecule is CCC1(O)OC(=O)OC1(C)O. The van der Waals surface area contributed by atoms with Crippen molar-refractivity contribution >= 4 is 6.16 Å². The summed E-state index contributed by atoms with van der Waals surface area (Å²) >= 11 is 0. The highest BCUT2D eigenvalue weighted by Gasteiger charge is 2.58. The van der Waals surface area contributed by atoms with Gasteiger partial charge in [-0.1, -0.05) is 6.92 Å². The summed E-state index contributed by atoms with van der Waals surface area (Å²) in [5.74, 6) is -3.86. The zero-order valence-corrected chi connectivity index (χ0v) is 6.33. The van der Waals surface area contributed by atoms with E-state index in [9.17, 15) is 15.0 Å². The van der Waals surface area contributed by atoms with Gasteiger partial charge in [0.2, 0.25) is 0 Å². The number of rotatable bonds is 1. The maximum atomic E-state index is 10.5. The first kappa shape index (κ1) is 8.29. The molecule has 1 saturated heterocycles. The van der Waals surface area contributed by atoms with E-state index in [1.165, 1.54) is 6.92 Å². The predicted octanol–water partition coefficient (Wildman–Crippen LogP) is -0.0397. The zero-order chi connectivity index (χ0) is 8.70. The van der Waals surface area contributed by atoms with Crippen LogP contribution in [-0.4, -0.2) is 27.9 Å². The van der Waals surface area contributed by atoms with Gasteiger partial charge in [-0.15, -0.1) is 0 Å². The van der Waals surface area contributed by atoms with Gasteiger partial charge in [0.05, 0.1) is 0 Å². The van der Waals surface area contributed by atoms with E-state index in [0.29, 0.717) is 0 Å². The van der Waals surface area contributed by atoms with Gasteiger partial charge in [0.15, 0.2) is 0 Å². The fraction of sp³-hybridized carbons (Fsp3) is 0.833. The van der Waals surface area contributed by atoms with E-state index in [1.54, 1.807) is 6.92 Å². The molecular formula is C6H10O5. The highest BCUT2D eigenvalue weighted by Crippen LogP contribution is 2.34. The molecule has 64 valence electrons. The molecule has 0 radical (unpaired) electrons. The minimum atomic E-state index is -1.95. The minimum absolute atomic E-state index is 0.0751. The summed E-state index contributed by atoms with van der Waals surface area (Å²) in [6.45, 7) is 2.73. The van der Waals surface area contributed by atoms with E-state index in [0.717, 1.165) is 0 Å². The van der Waals surface area contributed by atoms with Crippen molar-refractivity contribution in [3.63, 3.8) is 0 Å². The molecule has 1 aliphatic rings. The van der Waals surface area contributed by atoms with Gasteiger partial charge in [0.1, 0.15) is 0 Å². The Bertz CT molecular complexity index is 187. The molecule has 1 rings (SSSR count). The molecule has 5 heteroatoms. The standard InChI is InChI=1S/C6H10O5/c1-3-6(9)5(2,8)10-4(7)11-6/h8-9H,3H2,1-2H3. The summed E-state index contributed by atoms with van der Waals surface area (Å²) in [5, 5.41) is 18.6. The summed E-state index contributed by atoms with van der Waals surface area (Å²) in [7, 11) is 0. The number of hydrogen-bond donors (Lipinski definition) is 2. The molecular weight excluding hydrogens is 152 g/mol. The smallest absolute Gasteiger partial charge is 0.395 e. The number of ether oxygens (including phenoxy) is 2. The van der Waals surface area contributed by atoms with Crippen molar-refractivity contribution in [2.24, 2.45) is 0 Å². The number of aliphatic hydroxyl groups is 2. The summed E-state index contributed by atoms with van der Waals surface area (Å²) in [6.07, 6.45) is -0.981. The molecule has 5 nitrogen and oxygen atoms in total. The molecule has 2 unspecified atom stereocenters. The molecule has 0 saturated carbocycles. The maximum Gasteiger partial charge on any atom is 0.513 e. The number of hydrogen-bond acceptors (Lipinski definition) is 5. The minimum Gasteiger partial charge on any atom is -0.395 e. The molecule has 1 heterocycles. The van der Waals surface area contributed by atoms with Crippen molar-refractivity contribution < 1.29 is 24.5 Å². The van der Waals surface area contributed by atoms with E-state index >= 15 is 0 Å². The predicted molar refractivity (Wildman–Crippen MR) is 33.4 cm³/mol. The van der Waals surface area contributed by atoms with Crippen LogP contribution in [0.15, 0.2) is 0 Å². The Hall–Kier alpha value is -0.810. The average Bonchev–Trinajstić information content (AvgIpc) is 2.03. The first-order chi connectivity index (χ1) is 4.91. The van der Waals surface area contributed by atoms with Gasteiger partial charge in [-0.25, -0.2) is 4.79 Å². The van der Waals surface area contributed by atoms with Crippen molar-refractivity contribution in [2.75, 3.05) is 0 Å². The lowest BCUT2D eigenvalue weighted by atomic mass is 10.1. The summed E-state index contributed by atoms with van der Waals surface area (Å²) < 4.78 is 8.66. The second-order valence-electron chi connectivity index (χ2n) is 2.57. The van der Waals surface area contributed by atoms with Crippen LogP contribution in [0, 0.1) is 0 Å². The molecule has 0 amide bonds. The van der Waals surface area contributed by atoms with E-state index in [1.807, 2.05) is 0 Å². The topological polar surface area (TPSA) is 76.0 Å². The van der Waals surface area contributed by atoms with Gasteiger partial charge < -0.3 is 19.7 Å². The fourth-order valence-electron chi connectivity index (χ4n) is 0.896. The third-order valence-corrected chi connectivity index (χ3v) is 1.74. The first-order valence-corrected chi connectivity index (χ1v) is 3.28. The van der Waals surface area contributed by atoms with Crippen molar-refractivity contribution in [1.82, 2.24) is 0 Å². The number of carbonyl (C=O) groups is 1. The second-order valence-corrected chi connectivity index (χ2v) is 2.57. The number of carbonyl (C=O) groups excluding carboxylic acids is 1. The Morgan fingerprint density at radius 1 is 1.45 bits per heavy atom. The molecule has 0 aromatic carbocycles. The Morgan fingerprint density at radius 2 is 2.00 bits per heavy atom. The third kappa shape index (κ3) is 1.06. The van der Waals surface area contributed by atoms with Gasteiger partial charge >= 0.3 is 6.16 Å². The summed E-state index contributed by atoms with van der Waals surface area (Å²) in [5.41, 5.74) is 0. The Labute approximate surface area is 63.5 Å². The van der Waals surface area contributed by atoms with Crippen molar-refractivity contribution in [3.05, 3.63) is 0 Å². The van der Waals surface area contributed by atoms with Crippen molar-refractivity contribution in [1.29, 1.82) is 0 Å². The highest BCUT2D eigenvalue weighted by molar-refractivity contribution is 5.63. The zero-order valence-electron chi connectivity index (χ0n) is 6.33. The lowest BCUT2D eigenvalue weighted by Crippen LogP contribution is -2.49. The molecule has 11 heavy (non-hydrogen) atoms. The normalized spacial score (nSPS) is 43.5. The molecule has 1 fully saturated rings. The average molecular weight is 162 g/mol. The molecule has 2 atom stereocenters. The van der Waals surface area contributed by atoms with Gasteiger partial charge in [-0.05, 0) is 0 Å². The van der Waals surface area contributed by atoms with Crippen LogP contribution in [0.5, 0.6) is 0 Å². The van der Waals surface area contributed by atoms with Crippen LogP contribution in [0.2, 0.25) is 0 Å². The molecule has 0 aromatic rings. The quantitative estimate of drug-likeness (QED) is 0.529. The van der Waals surface area contributed by atoms with Crippen LogP contribution >= 0.6 is 0 Å². The fourth-order valence-corrected chi connectivity index (χ4v) is 0.896. The molecule has 0 bridgehead atoms. The molecule has 0 spiro atoms. The van der Waals surface area contributed by atoms with Crippen LogP contribution in [0.1, 0.15) is 20.3 Å².